The van der Waals surface area contributed by atoms with E-state index in [0.717, 1.165) is 24.3 Å². The molecule has 7 nitrogen and oxygen atoms in total. The molecule has 2 N–H and O–H groups in total. The van der Waals surface area contributed by atoms with Crippen LogP contribution in [0.15, 0.2) is 41.3 Å². The highest BCUT2D eigenvalue weighted by molar-refractivity contribution is 7.89. The molecule has 2 aromatic carbocycles. The fourth-order valence-corrected chi connectivity index (χ4v) is 2.86. The lowest BCUT2D eigenvalue weighted by Gasteiger charge is -2.13. The molecule has 0 fully saturated rings. The number of anilines is 1. The molecule has 11 heteroatoms. The Balaban J connectivity index is 2.33. The highest BCUT2D eigenvalue weighted by atomic mass is 32.2. The Bertz CT molecular complexity index is 951. The van der Waals surface area contributed by atoms with Crippen LogP contribution in [0.5, 0.6) is 11.5 Å². The molecule has 2 aromatic rings. The van der Waals surface area contributed by atoms with E-state index in [9.17, 15) is 26.4 Å². The number of carbonyl (C=O) groups excluding carboxylic acids is 1. The fraction of sp³-hybridized carbons (Fsp3) is 0.188. The average Bonchev–Trinajstić information content (AvgIpc) is 2.61. The van der Waals surface area contributed by atoms with Gasteiger partial charge in [-0.25, -0.2) is 17.5 Å². The van der Waals surface area contributed by atoms with Crippen molar-refractivity contribution in [1.29, 1.82) is 0 Å². The number of carbonyl (C=O) groups is 1. The molecule has 0 radical (unpaired) electrons. The molecule has 0 saturated heterocycles. The molecule has 0 aliphatic carbocycles. The number of halogens is 3. The van der Waals surface area contributed by atoms with Crippen LogP contribution < -0.4 is 19.5 Å². The summed E-state index contributed by atoms with van der Waals surface area (Å²) in [7, 11) is -1.48. The van der Waals surface area contributed by atoms with Gasteiger partial charge in [-0.1, -0.05) is 0 Å². The molecule has 27 heavy (non-hydrogen) atoms. The molecule has 0 unspecified atom stereocenters. The Morgan fingerprint density at radius 2 is 1.81 bits per heavy atom. The molecule has 0 spiro atoms. The van der Waals surface area contributed by atoms with Gasteiger partial charge in [0, 0.05) is 11.8 Å². The topological polar surface area (TPSA) is 93.7 Å². The van der Waals surface area contributed by atoms with Gasteiger partial charge in [0.25, 0.3) is 5.91 Å². The SMILES string of the molecule is CNS(=O)(=O)c1ccc(F)c(C(=O)Nc2ccc(OC)c(OC(F)F)c2)c1. The second-order valence-corrected chi connectivity index (χ2v) is 6.93. The molecule has 0 aromatic heterocycles. The minimum absolute atomic E-state index is 0.00147. The van der Waals surface area contributed by atoms with Crippen LogP contribution in [0, 0.1) is 5.82 Å². The number of hydrogen-bond donors (Lipinski definition) is 2. The van der Waals surface area contributed by atoms with E-state index in [1.165, 1.54) is 26.3 Å². The van der Waals surface area contributed by atoms with Crippen molar-refractivity contribution >= 4 is 21.6 Å². The Morgan fingerprint density at radius 3 is 2.41 bits per heavy atom. The summed E-state index contributed by atoms with van der Waals surface area (Å²) in [5.41, 5.74) is -0.531. The summed E-state index contributed by atoms with van der Waals surface area (Å²) in [4.78, 5) is 12.0. The van der Waals surface area contributed by atoms with Crippen molar-refractivity contribution in [2.75, 3.05) is 19.5 Å². The van der Waals surface area contributed by atoms with Gasteiger partial charge >= 0.3 is 6.61 Å². The van der Waals surface area contributed by atoms with E-state index in [-0.39, 0.29) is 22.1 Å². The fourth-order valence-electron chi connectivity index (χ4n) is 2.10. The summed E-state index contributed by atoms with van der Waals surface area (Å²) >= 11 is 0. The lowest BCUT2D eigenvalue weighted by Crippen LogP contribution is -2.20. The van der Waals surface area contributed by atoms with E-state index >= 15 is 0 Å². The van der Waals surface area contributed by atoms with Crippen molar-refractivity contribution in [2.24, 2.45) is 0 Å². The first kappa shape index (κ1) is 20.5. The lowest BCUT2D eigenvalue weighted by molar-refractivity contribution is -0.0511. The molecule has 0 heterocycles. The summed E-state index contributed by atoms with van der Waals surface area (Å²) in [5, 5.41) is 2.29. The summed E-state index contributed by atoms with van der Waals surface area (Å²) < 4.78 is 73.7. The number of benzene rings is 2. The Morgan fingerprint density at radius 1 is 1.11 bits per heavy atom. The summed E-state index contributed by atoms with van der Waals surface area (Å²) in [6.45, 7) is -3.12. The van der Waals surface area contributed by atoms with E-state index in [1.54, 1.807) is 0 Å². The molecule has 0 aliphatic rings. The van der Waals surface area contributed by atoms with Crippen molar-refractivity contribution in [1.82, 2.24) is 4.72 Å². The number of rotatable bonds is 7. The van der Waals surface area contributed by atoms with Gasteiger partial charge in [-0.3, -0.25) is 4.79 Å². The first-order chi connectivity index (χ1) is 12.7. The lowest BCUT2D eigenvalue weighted by atomic mass is 10.2. The zero-order valence-corrected chi connectivity index (χ0v) is 14.9. The third-order valence-electron chi connectivity index (χ3n) is 3.40. The molecule has 1 amide bonds. The second-order valence-electron chi connectivity index (χ2n) is 5.05. The van der Waals surface area contributed by atoms with Crippen LogP contribution in [0.3, 0.4) is 0 Å². The third-order valence-corrected chi connectivity index (χ3v) is 4.81. The van der Waals surface area contributed by atoms with Crippen LogP contribution in [-0.4, -0.2) is 35.1 Å². The minimum atomic E-state index is -3.89. The standard InChI is InChI=1S/C16H15F3N2O5S/c1-20-27(23,24)10-4-5-12(17)11(8-10)15(22)21-9-3-6-13(25-2)14(7-9)26-16(18)19/h3-8,16,20H,1-2H3,(H,21,22). The molecule has 0 saturated carbocycles. The van der Waals surface area contributed by atoms with Gasteiger partial charge in [-0.2, -0.15) is 8.78 Å². The summed E-state index contributed by atoms with van der Waals surface area (Å²) in [5.74, 6) is -2.27. The Labute approximate surface area is 153 Å². The first-order valence-corrected chi connectivity index (χ1v) is 8.83. The van der Waals surface area contributed by atoms with Crippen LogP contribution in [0.2, 0.25) is 0 Å². The van der Waals surface area contributed by atoms with Gasteiger partial charge in [-0.15, -0.1) is 0 Å². The van der Waals surface area contributed by atoms with Crippen LogP contribution in [0.1, 0.15) is 10.4 Å². The maximum atomic E-state index is 14.0. The van der Waals surface area contributed by atoms with Crippen LogP contribution in [-0.2, 0) is 10.0 Å². The maximum Gasteiger partial charge on any atom is 0.387 e. The quantitative estimate of drug-likeness (QED) is 0.740. The zero-order chi connectivity index (χ0) is 20.2. The summed E-state index contributed by atoms with van der Waals surface area (Å²) in [6, 6.07) is 6.34. The van der Waals surface area contributed by atoms with E-state index in [0.29, 0.717) is 0 Å². The van der Waals surface area contributed by atoms with Crippen LogP contribution in [0.4, 0.5) is 18.9 Å². The number of hydrogen-bond acceptors (Lipinski definition) is 5. The van der Waals surface area contributed by atoms with Crippen molar-refractivity contribution in [3.63, 3.8) is 0 Å². The number of methoxy groups -OCH3 is 1. The van der Waals surface area contributed by atoms with Gasteiger partial charge in [0.15, 0.2) is 11.5 Å². The maximum absolute atomic E-state index is 14.0. The van der Waals surface area contributed by atoms with E-state index in [2.05, 4.69) is 10.1 Å². The number of sulfonamides is 1. The van der Waals surface area contributed by atoms with Gasteiger partial charge in [0.2, 0.25) is 10.0 Å². The van der Waals surface area contributed by atoms with Crippen molar-refractivity contribution in [2.45, 2.75) is 11.5 Å². The summed E-state index contributed by atoms with van der Waals surface area (Å²) in [6.07, 6.45) is 0. The normalized spacial score (nSPS) is 11.3. The molecule has 0 aliphatic heterocycles. The average molecular weight is 404 g/mol. The second kappa shape index (κ2) is 8.27. The first-order valence-electron chi connectivity index (χ1n) is 7.35. The highest BCUT2D eigenvalue weighted by Gasteiger charge is 2.19. The van der Waals surface area contributed by atoms with E-state index in [1.807, 2.05) is 4.72 Å². The highest BCUT2D eigenvalue weighted by Crippen LogP contribution is 2.31. The molecule has 146 valence electrons. The number of amides is 1. The Kier molecular flexibility index (Phi) is 6.28. The molecular weight excluding hydrogens is 389 g/mol. The minimum Gasteiger partial charge on any atom is -0.493 e. The van der Waals surface area contributed by atoms with Gasteiger partial charge in [-0.05, 0) is 37.4 Å². The predicted molar refractivity (Wildman–Crippen MR) is 90.2 cm³/mol. The van der Waals surface area contributed by atoms with Gasteiger partial charge in [0.1, 0.15) is 5.82 Å². The third kappa shape index (κ3) is 4.89. The van der Waals surface area contributed by atoms with Crippen LogP contribution in [0.25, 0.3) is 0 Å². The molecule has 0 atom stereocenters. The number of alkyl halides is 2. The molecule has 2 rings (SSSR count). The van der Waals surface area contributed by atoms with Crippen molar-refractivity contribution < 1.29 is 35.9 Å². The molecular formula is C16H15F3N2O5S. The van der Waals surface area contributed by atoms with E-state index in [4.69, 9.17) is 4.74 Å². The number of ether oxygens (including phenoxy) is 2. The largest absolute Gasteiger partial charge is 0.493 e. The van der Waals surface area contributed by atoms with Crippen LogP contribution >= 0.6 is 0 Å². The van der Waals surface area contributed by atoms with Gasteiger partial charge < -0.3 is 14.8 Å². The smallest absolute Gasteiger partial charge is 0.387 e. The monoisotopic (exact) mass is 404 g/mol. The Hall–Kier alpha value is -2.79. The number of nitrogens with one attached hydrogen (secondary N) is 2. The van der Waals surface area contributed by atoms with Crippen molar-refractivity contribution in [3.8, 4) is 11.5 Å². The predicted octanol–water partition coefficient (Wildman–Crippen LogP) is 2.60. The molecule has 0 bridgehead atoms. The van der Waals surface area contributed by atoms with Gasteiger partial charge in [0.05, 0.1) is 17.6 Å². The van der Waals surface area contributed by atoms with E-state index < -0.39 is 33.9 Å². The zero-order valence-electron chi connectivity index (χ0n) is 14.1. The van der Waals surface area contributed by atoms with Crippen molar-refractivity contribution in [3.05, 3.63) is 47.8 Å².